The first-order valence-electron chi connectivity index (χ1n) is 6.21. The summed E-state index contributed by atoms with van der Waals surface area (Å²) in [4.78, 5) is 22.4. The second kappa shape index (κ2) is 5.20. The summed E-state index contributed by atoms with van der Waals surface area (Å²) in [6, 6.07) is 4.66. The highest BCUT2D eigenvalue weighted by Crippen LogP contribution is 2.25. The summed E-state index contributed by atoms with van der Waals surface area (Å²) in [6.07, 6.45) is 3.35. The molecule has 0 aliphatic carbocycles. The van der Waals surface area contributed by atoms with Crippen molar-refractivity contribution >= 4 is 11.4 Å². The molecule has 106 valence electrons. The molecule has 1 aromatic heterocycles. The minimum absolute atomic E-state index is 0.0613. The van der Waals surface area contributed by atoms with Crippen molar-refractivity contribution in [2.75, 3.05) is 5.73 Å². The van der Waals surface area contributed by atoms with Gasteiger partial charge in [-0.25, -0.2) is 4.79 Å². The molecule has 2 rings (SSSR count). The third-order valence-corrected chi connectivity index (χ3v) is 3.14. The first kappa shape index (κ1) is 13.9. The predicted molar refractivity (Wildman–Crippen MR) is 75.7 cm³/mol. The fraction of sp³-hybridized carbons (Fsp3) is 0.308. The number of para-hydroxylation sites is 1. The normalized spacial score (nSPS) is 10.9. The number of nitro groups is 1. The summed E-state index contributed by atoms with van der Waals surface area (Å²) in [6.45, 7) is 4.03. The van der Waals surface area contributed by atoms with Gasteiger partial charge in [-0.1, -0.05) is 12.1 Å². The molecule has 0 fully saturated rings. The van der Waals surface area contributed by atoms with Crippen molar-refractivity contribution in [3.05, 3.63) is 56.8 Å². The Labute approximate surface area is 115 Å². The van der Waals surface area contributed by atoms with Gasteiger partial charge in [-0.3, -0.25) is 19.2 Å². The standard InChI is InChI=1S/C13H16N4O3/c1-9(2)16-7-6-15(13(16)18)8-10-4-3-5-11(12(10)14)17(19)20/h3-7,9H,8,14H2,1-2H3. The summed E-state index contributed by atoms with van der Waals surface area (Å²) in [5, 5.41) is 10.8. The monoisotopic (exact) mass is 276 g/mol. The van der Waals surface area contributed by atoms with Gasteiger partial charge in [-0.15, -0.1) is 0 Å². The van der Waals surface area contributed by atoms with Crippen LogP contribution in [0.25, 0.3) is 0 Å². The van der Waals surface area contributed by atoms with Gasteiger partial charge in [0.2, 0.25) is 0 Å². The molecule has 2 aromatic rings. The number of imidazole rings is 1. The Bertz CT molecular complexity index is 700. The van der Waals surface area contributed by atoms with Crippen molar-refractivity contribution in [3.8, 4) is 0 Å². The van der Waals surface area contributed by atoms with E-state index < -0.39 is 4.92 Å². The number of nitrogens with two attached hydrogens (primary N) is 1. The summed E-state index contributed by atoms with van der Waals surface area (Å²) in [5.41, 5.74) is 6.14. The molecule has 7 nitrogen and oxygen atoms in total. The maximum atomic E-state index is 12.1. The number of nitrogens with zero attached hydrogens (tertiary/aromatic N) is 3. The van der Waals surface area contributed by atoms with E-state index in [1.165, 1.54) is 10.6 Å². The Morgan fingerprint density at radius 1 is 1.35 bits per heavy atom. The average Bonchev–Trinajstić information content (AvgIpc) is 2.73. The maximum absolute atomic E-state index is 12.1. The molecule has 20 heavy (non-hydrogen) atoms. The van der Waals surface area contributed by atoms with E-state index in [1.54, 1.807) is 29.1 Å². The molecule has 0 spiro atoms. The van der Waals surface area contributed by atoms with Gasteiger partial charge in [0.25, 0.3) is 5.69 Å². The van der Waals surface area contributed by atoms with Crippen LogP contribution >= 0.6 is 0 Å². The SMILES string of the molecule is CC(C)n1ccn(Cc2cccc([N+](=O)[O-])c2N)c1=O. The Hall–Kier alpha value is -2.57. The number of hydrogen-bond acceptors (Lipinski definition) is 4. The highest BCUT2D eigenvalue weighted by atomic mass is 16.6. The number of aromatic nitrogens is 2. The molecule has 1 aromatic carbocycles. The molecular formula is C13H16N4O3. The number of benzene rings is 1. The van der Waals surface area contributed by atoms with E-state index in [0.29, 0.717) is 5.56 Å². The zero-order chi connectivity index (χ0) is 14.9. The van der Waals surface area contributed by atoms with Crippen LogP contribution in [0.3, 0.4) is 0 Å². The molecule has 0 amide bonds. The van der Waals surface area contributed by atoms with Gasteiger partial charge in [0.15, 0.2) is 0 Å². The van der Waals surface area contributed by atoms with E-state index in [9.17, 15) is 14.9 Å². The average molecular weight is 276 g/mol. The van der Waals surface area contributed by atoms with Crippen LogP contribution in [0, 0.1) is 10.1 Å². The number of anilines is 1. The van der Waals surface area contributed by atoms with E-state index in [2.05, 4.69) is 0 Å². The maximum Gasteiger partial charge on any atom is 0.328 e. The third-order valence-electron chi connectivity index (χ3n) is 3.14. The molecule has 7 heteroatoms. The molecule has 0 unspecified atom stereocenters. The van der Waals surface area contributed by atoms with Gasteiger partial charge in [-0.2, -0.15) is 0 Å². The van der Waals surface area contributed by atoms with Crippen molar-refractivity contribution in [3.63, 3.8) is 0 Å². The van der Waals surface area contributed by atoms with Crippen LogP contribution < -0.4 is 11.4 Å². The van der Waals surface area contributed by atoms with Crippen molar-refractivity contribution in [2.45, 2.75) is 26.4 Å². The van der Waals surface area contributed by atoms with E-state index in [-0.39, 0.29) is 29.7 Å². The molecule has 0 saturated heterocycles. The number of hydrogen-bond donors (Lipinski definition) is 1. The Balaban J connectivity index is 2.39. The smallest absolute Gasteiger partial charge is 0.328 e. The molecule has 1 heterocycles. The fourth-order valence-electron chi connectivity index (χ4n) is 2.02. The van der Waals surface area contributed by atoms with Crippen LogP contribution in [0.15, 0.2) is 35.4 Å². The van der Waals surface area contributed by atoms with Crippen molar-refractivity contribution < 1.29 is 4.92 Å². The van der Waals surface area contributed by atoms with Crippen LogP contribution in [-0.2, 0) is 6.54 Å². The second-order valence-electron chi connectivity index (χ2n) is 4.82. The molecule has 0 atom stereocenters. The quantitative estimate of drug-likeness (QED) is 0.523. The van der Waals surface area contributed by atoms with E-state index in [0.717, 1.165) is 0 Å². The van der Waals surface area contributed by atoms with Crippen LogP contribution in [0.2, 0.25) is 0 Å². The fourth-order valence-corrected chi connectivity index (χ4v) is 2.02. The lowest BCUT2D eigenvalue weighted by molar-refractivity contribution is -0.383. The van der Waals surface area contributed by atoms with Gasteiger partial charge in [0.05, 0.1) is 11.5 Å². The zero-order valence-electron chi connectivity index (χ0n) is 11.3. The third kappa shape index (κ3) is 2.42. The molecule has 0 aliphatic rings. The number of rotatable bonds is 4. The topological polar surface area (TPSA) is 96.1 Å². The molecule has 0 saturated carbocycles. The van der Waals surface area contributed by atoms with Crippen LogP contribution in [-0.4, -0.2) is 14.1 Å². The lowest BCUT2D eigenvalue weighted by atomic mass is 10.1. The van der Waals surface area contributed by atoms with E-state index in [4.69, 9.17) is 5.73 Å². The summed E-state index contributed by atoms with van der Waals surface area (Å²) < 4.78 is 3.07. The van der Waals surface area contributed by atoms with Crippen LogP contribution in [0.1, 0.15) is 25.5 Å². The van der Waals surface area contributed by atoms with Gasteiger partial charge in [-0.05, 0) is 13.8 Å². The van der Waals surface area contributed by atoms with Gasteiger partial charge < -0.3 is 5.73 Å². The number of nitro benzene ring substituents is 1. The minimum atomic E-state index is -0.527. The summed E-state index contributed by atoms with van der Waals surface area (Å²) in [5.74, 6) is 0. The van der Waals surface area contributed by atoms with Gasteiger partial charge in [0.1, 0.15) is 5.69 Å². The Morgan fingerprint density at radius 2 is 2.05 bits per heavy atom. The first-order valence-corrected chi connectivity index (χ1v) is 6.21. The van der Waals surface area contributed by atoms with Crippen molar-refractivity contribution in [1.82, 2.24) is 9.13 Å². The van der Waals surface area contributed by atoms with Crippen molar-refractivity contribution in [2.24, 2.45) is 0 Å². The first-order chi connectivity index (χ1) is 9.41. The van der Waals surface area contributed by atoms with Crippen LogP contribution in [0.5, 0.6) is 0 Å². The molecule has 2 N–H and O–H groups in total. The van der Waals surface area contributed by atoms with Gasteiger partial charge in [0, 0.05) is 30.1 Å². The lowest BCUT2D eigenvalue weighted by Crippen LogP contribution is -2.25. The predicted octanol–water partition coefficient (Wildman–Crippen LogP) is 1.77. The Kier molecular flexibility index (Phi) is 3.60. The molecule has 0 radical (unpaired) electrons. The highest BCUT2D eigenvalue weighted by Gasteiger charge is 2.15. The van der Waals surface area contributed by atoms with E-state index >= 15 is 0 Å². The Morgan fingerprint density at radius 3 is 2.60 bits per heavy atom. The number of nitrogen functional groups attached to an aromatic ring is 1. The van der Waals surface area contributed by atoms with Crippen LogP contribution in [0.4, 0.5) is 11.4 Å². The summed E-state index contributed by atoms with van der Waals surface area (Å²) >= 11 is 0. The zero-order valence-corrected chi connectivity index (χ0v) is 11.3. The van der Waals surface area contributed by atoms with Crippen molar-refractivity contribution in [1.29, 1.82) is 0 Å². The lowest BCUT2D eigenvalue weighted by Gasteiger charge is -2.07. The second-order valence-corrected chi connectivity index (χ2v) is 4.82. The summed E-state index contributed by atoms with van der Waals surface area (Å²) in [7, 11) is 0. The molecule has 0 bridgehead atoms. The van der Waals surface area contributed by atoms with Gasteiger partial charge >= 0.3 is 5.69 Å². The molecular weight excluding hydrogens is 260 g/mol. The van der Waals surface area contributed by atoms with E-state index in [1.807, 2.05) is 13.8 Å². The largest absolute Gasteiger partial charge is 0.393 e. The molecule has 0 aliphatic heterocycles. The highest BCUT2D eigenvalue weighted by molar-refractivity contribution is 5.63. The minimum Gasteiger partial charge on any atom is -0.393 e.